The Kier molecular flexibility index (Phi) is 5.56. The van der Waals surface area contributed by atoms with E-state index in [1.54, 1.807) is 13.2 Å². The quantitative estimate of drug-likeness (QED) is 0.718. The molecule has 3 saturated heterocycles. The van der Waals surface area contributed by atoms with Crippen LogP contribution in [-0.4, -0.2) is 79.4 Å². The smallest absolute Gasteiger partial charge is 0.264 e. The zero-order valence-corrected chi connectivity index (χ0v) is 15.8. The molecule has 0 aliphatic carbocycles. The fourth-order valence-corrected chi connectivity index (χ4v) is 4.40. The van der Waals surface area contributed by atoms with Crippen LogP contribution in [0.15, 0.2) is 24.3 Å². The number of ether oxygens (including phenoxy) is 1. The molecule has 136 valence electrons. The minimum atomic E-state index is 0.0636. The molecular weight excluding hydrogens is 338 g/mol. The van der Waals surface area contributed by atoms with Crippen LogP contribution in [0.3, 0.4) is 0 Å². The minimum Gasteiger partial charge on any atom is -0.379 e. The molecule has 2 bridgehead atoms. The molecule has 0 radical (unpaired) electrons. The van der Waals surface area contributed by atoms with E-state index >= 15 is 0 Å². The van der Waals surface area contributed by atoms with Crippen molar-refractivity contribution in [1.29, 1.82) is 0 Å². The molecule has 1 aromatic heterocycles. The Labute approximate surface area is 152 Å². The summed E-state index contributed by atoms with van der Waals surface area (Å²) in [5, 5.41) is 0. The van der Waals surface area contributed by atoms with Crippen molar-refractivity contribution in [1.82, 2.24) is 14.7 Å². The van der Waals surface area contributed by atoms with Crippen LogP contribution in [0.1, 0.15) is 21.0 Å². The molecule has 4 heterocycles. The van der Waals surface area contributed by atoms with Crippen molar-refractivity contribution in [2.45, 2.75) is 25.1 Å². The van der Waals surface area contributed by atoms with Gasteiger partial charge in [0.05, 0.1) is 23.6 Å². The molecule has 25 heavy (non-hydrogen) atoms. The second-order valence-electron chi connectivity index (χ2n) is 6.86. The Balaban J connectivity index is 1.56. The van der Waals surface area contributed by atoms with E-state index in [0.29, 0.717) is 19.7 Å². The largest absolute Gasteiger partial charge is 0.379 e. The van der Waals surface area contributed by atoms with E-state index in [-0.39, 0.29) is 23.9 Å². The van der Waals surface area contributed by atoms with E-state index in [4.69, 9.17) is 4.74 Å². The lowest BCUT2D eigenvalue weighted by atomic mass is 9.87. The first kappa shape index (κ1) is 18.1. The lowest BCUT2D eigenvalue weighted by molar-refractivity contribution is -0.146. The summed E-state index contributed by atoms with van der Waals surface area (Å²) in [5.74, 6) is 0.131. The van der Waals surface area contributed by atoms with Crippen molar-refractivity contribution < 1.29 is 14.3 Å². The van der Waals surface area contributed by atoms with Crippen LogP contribution in [0.2, 0.25) is 0 Å². The van der Waals surface area contributed by atoms with Crippen molar-refractivity contribution in [2.75, 3.05) is 40.8 Å². The van der Waals surface area contributed by atoms with Crippen LogP contribution in [0.4, 0.5) is 0 Å². The van der Waals surface area contributed by atoms with Crippen molar-refractivity contribution in [2.24, 2.45) is 0 Å². The molecule has 3 fully saturated rings. The minimum absolute atomic E-state index is 0.0636. The van der Waals surface area contributed by atoms with Crippen LogP contribution < -0.4 is 0 Å². The number of hydrogen-bond acceptors (Lipinski definition) is 5. The molecule has 4 rings (SSSR count). The third-order valence-electron chi connectivity index (χ3n) is 4.62. The molecule has 0 N–H and O–H groups in total. The number of piperazine rings is 1. The number of piperidine rings is 1. The van der Waals surface area contributed by atoms with Gasteiger partial charge >= 0.3 is 0 Å². The van der Waals surface area contributed by atoms with Gasteiger partial charge in [-0.15, -0.1) is 11.3 Å². The highest BCUT2D eigenvalue weighted by atomic mass is 32.1. The maximum absolute atomic E-state index is 12.7. The maximum Gasteiger partial charge on any atom is 0.264 e. The predicted octanol–water partition coefficient (Wildman–Crippen LogP) is 1.44. The Hall–Kier alpha value is -1.70. The van der Waals surface area contributed by atoms with E-state index in [2.05, 4.69) is 0 Å². The van der Waals surface area contributed by atoms with Crippen LogP contribution in [-0.2, 0) is 16.1 Å². The number of rotatable bonds is 6. The predicted molar refractivity (Wildman–Crippen MR) is 97.7 cm³/mol. The lowest BCUT2D eigenvalue weighted by Crippen LogP contribution is -2.70. The normalized spacial score (nSPS) is 22.6. The molecule has 6 nitrogen and oxygen atoms in total. The van der Waals surface area contributed by atoms with Crippen molar-refractivity contribution in [3.05, 3.63) is 34.0 Å². The molecule has 2 unspecified atom stereocenters. The molecule has 3 aliphatic rings. The summed E-state index contributed by atoms with van der Waals surface area (Å²) in [6, 6.07) is 4.11. The molecule has 1 aromatic rings. The summed E-state index contributed by atoms with van der Waals surface area (Å²) in [4.78, 5) is 32.7. The number of amides is 2. The Morgan fingerprint density at radius 1 is 1.32 bits per heavy atom. The van der Waals surface area contributed by atoms with E-state index in [1.165, 1.54) is 11.3 Å². The maximum atomic E-state index is 12.7. The summed E-state index contributed by atoms with van der Waals surface area (Å²) < 4.78 is 5.11. The van der Waals surface area contributed by atoms with E-state index in [0.717, 1.165) is 22.7 Å². The van der Waals surface area contributed by atoms with Crippen LogP contribution >= 0.6 is 11.3 Å². The van der Waals surface area contributed by atoms with Crippen molar-refractivity contribution >= 4 is 23.2 Å². The summed E-state index contributed by atoms with van der Waals surface area (Å²) >= 11 is 1.48. The lowest BCUT2D eigenvalue weighted by Gasteiger charge is -2.55. The third kappa shape index (κ3) is 3.94. The second kappa shape index (κ2) is 7.68. The first-order valence-electron chi connectivity index (χ1n) is 8.50. The highest BCUT2D eigenvalue weighted by molar-refractivity contribution is 7.14. The van der Waals surface area contributed by atoms with Gasteiger partial charge in [-0.05, 0) is 32.6 Å². The fraction of sp³-hybridized carbons (Fsp3) is 0.556. The highest BCUT2D eigenvalue weighted by Crippen LogP contribution is 2.33. The number of methoxy groups -OCH3 is 1. The van der Waals surface area contributed by atoms with Gasteiger partial charge in [-0.2, -0.15) is 0 Å². The zero-order chi connectivity index (χ0) is 18.0. The van der Waals surface area contributed by atoms with Crippen molar-refractivity contribution in [3.8, 4) is 0 Å². The standard InChI is InChI=1S/C18H25N3O3S/c1-19(2)8-4-5-17(22)21-13-9-14(21)11-20(10-13)18(23)16-7-6-15(25-16)12-24-3/h4-7,13-14H,8-12H2,1-3H3/b5-4+. The number of fused-ring (bicyclic) bond motifs is 2. The molecule has 0 aromatic carbocycles. The number of likely N-dealkylation sites (N-methyl/N-ethyl adjacent to an activating group) is 1. The van der Waals surface area contributed by atoms with Gasteiger partial charge in [0.1, 0.15) is 0 Å². The third-order valence-corrected chi connectivity index (χ3v) is 5.67. The topological polar surface area (TPSA) is 53.1 Å². The van der Waals surface area contributed by atoms with Gasteiger partial charge < -0.3 is 19.4 Å². The van der Waals surface area contributed by atoms with Crippen LogP contribution in [0.25, 0.3) is 0 Å². The number of hydrogen-bond donors (Lipinski definition) is 0. The SMILES string of the molecule is COCc1ccc(C(=O)N2CC3CC(C2)N3C(=O)/C=C/CN(C)C)s1. The van der Waals surface area contributed by atoms with Crippen molar-refractivity contribution in [3.63, 3.8) is 0 Å². The van der Waals surface area contributed by atoms with E-state index < -0.39 is 0 Å². The summed E-state index contributed by atoms with van der Waals surface area (Å²) in [7, 11) is 5.59. The Morgan fingerprint density at radius 3 is 2.68 bits per heavy atom. The summed E-state index contributed by atoms with van der Waals surface area (Å²) in [6.07, 6.45) is 4.55. The molecule has 3 aliphatic heterocycles. The fourth-order valence-electron chi connectivity index (χ4n) is 3.45. The van der Waals surface area contributed by atoms with Gasteiger partial charge in [-0.1, -0.05) is 6.08 Å². The molecule has 2 amide bonds. The molecule has 0 saturated carbocycles. The number of thiophene rings is 1. The number of nitrogens with zero attached hydrogens (tertiary/aromatic N) is 3. The molecule has 0 spiro atoms. The average molecular weight is 363 g/mol. The first-order valence-corrected chi connectivity index (χ1v) is 9.31. The van der Waals surface area contributed by atoms with Gasteiger partial charge in [-0.3, -0.25) is 9.59 Å². The zero-order valence-electron chi connectivity index (χ0n) is 15.0. The average Bonchev–Trinajstić information content (AvgIpc) is 3.02. The molecular formula is C18H25N3O3S. The Morgan fingerprint density at radius 2 is 2.04 bits per heavy atom. The van der Waals surface area contributed by atoms with E-state index in [1.807, 2.05) is 47.0 Å². The molecule has 7 heteroatoms. The summed E-state index contributed by atoms with van der Waals surface area (Å²) in [5.41, 5.74) is 0. The van der Waals surface area contributed by atoms with Gasteiger partial charge in [0.15, 0.2) is 0 Å². The first-order chi connectivity index (χ1) is 12.0. The molecule has 2 atom stereocenters. The number of carbonyl (C=O) groups excluding carboxylic acids is 2. The van der Waals surface area contributed by atoms with Gasteiger partial charge in [0, 0.05) is 37.7 Å². The van der Waals surface area contributed by atoms with Crippen LogP contribution in [0.5, 0.6) is 0 Å². The Bertz CT molecular complexity index is 658. The monoisotopic (exact) mass is 363 g/mol. The van der Waals surface area contributed by atoms with E-state index in [9.17, 15) is 9.59 Å². The van der Waals surface area contributed by atoms with Crippen LogP contribution in [0, 0.1) is 0 Å². The number of carbonyl (C=O) groups is 2. The second-order valence-corrected chi connectivity index (χ2v) is 8.03. The van der Waals surface area contributed by atoms with Gasteiger partial charge in [0.25, 0.3) is 5.91 Å². The van der Waals surface area contributed by atoms with Gasteiger partial charge in [-0.25, -0.2) is 0 Å². The van der Waals surface area contributed by atoms with Gasteiger partial charge in [0.2, 0.25) is 5.91 Å². The highest BCUT2D eigenvalue weighted by Gasteiger charge is 2.47. The summed E-state index contributed by atoms with van der Waals surface area (Å²) in [6.45, 7) is 2.53.